The highest BCUT2D eigenvalue weighted by atomic mass is 79.9. The molecule has 0 saturated carbocycles. The van der Waals surface area contributed by atoms with Gasteiger partial charge in [-0.1, -0.05) is 40.2 Å². The third kappa shape index (κ3) is 5.70. The van der Waals surface area contributed by atoms with E-state index in [0.717, 1.165) is 64.7 Å². The van der Waals surface area contributed by atoms with E-state index in [1.807, 2.05) is 42.5 Å². The van der Waals surface area contributed by atoms with Crippen molar-refractivity contribution in [3.63, 3.8) is 0 Å². The molecule has 2 heterocycles. The maximum Gasteiger partial charge on any atom is 0.411 e. The third-order valence-electron chi connectivity index (χ3n) is 5.56. The molecule has 162 valence electrons. The average molecular weight is 502 g/mol. The van der Waals surface area contributed by atoms with Crippen LogP contribution in [0.1, 0.15) is 29.6 Å². The number of fused-ring (bicyclic) bond motifs is 1. The first-order chi connectivity index (χ1) is 15.1. The Kier molecular flexibility index (Phi) is 7.32. The first-order valence-electron chi connectivity index (χ1n) is 10.4. The summed E-state index contributed by atoms with van der Waals surface area (Å²) in [5.74, 6) is 0.331. The van der Waals surface area contributed by atoms with Crippen LogP contribution in [0.25, 0.3) is 10.1 Å². The number of aromatic nitrogens is 1. The van der Waals surface area contributed by atoms with Crippen LogP contribution in [-0.4, -0.2) is 47.4 Å². The van der Waals surface area contributed by atoms with Crippen LogP contribution in [0, 0.1) is 5.92 Å². The van der Waals surface area contributed by atoms with Gasteiger partial charge in [-0.15, -0.1) is 0 Å². The Morgan fingerprint density at radius 3 is 2.71 bits per heavy atom. The molecular weight excluding hydrogens is 478 g/mol. The number of anilines is 1. The Hall–Kier alpha value is -2.29. The largest absolute Gasteiger partial charge is 0.449 e. The van der Waals surface area contributed by atoms with Crippen LogP contribution in [0.4, 0.5) is 10.5 Å². The molecule has 0 spiro atoms. The molecule has 1 fully saturated rings. The van der Waals surface area contributed by atoms with Crippen molar-refractivity contribution in [1.29, 1.82) is 0 Å². The second-order valence-corrected chi connectivity index (χ2v) is 9.37. The van der Waals surface area contributed by atoms with Gasteiger partial charge in [-0.2, -0.15) is 4.37 Å². The summed E-state index contributed by atoms with van der Waals surface area (Å²) in [5, 5.41) is 3.81. The second-order valence-electron chi connectivity index (χ2n) is 7.65. The number of ketones is 1. The van der Waals surface area contributed by atoms with Crippen molar-refractivity contribution in [2.24, 2.45) is 5.92 Å². The number of hydrogen-bond acceptors (Lipinski definition) is 6. The zero-order valence-electron chi connectivity index (χ0n) is 17.1. The standard InChI is InChI=1S/C23H24BrN3O3S/c24-19-7-5-16(6-8-19)21(28)17-9-12-27(13-10-17)11-2-14-30-23(29)26-20-4-1-3-18-15-25-31-22(18)20/h1,3-8,15,17H,2,9-14H2,(H,26,29). The predicted molar refractivity (Wildman–Crippen MR) is 127 cm³/mol. The number of halogens is 1. The van der Waals surface area contributed by atoms with Gasteiger partial charge in [0.2, 0.25) is 0 Å². The van der Waals surface area contributed by atoms with E-state index in [-0.39, 0.29) is 11.7 Å². The highest BCUT2D eigenvalue weighted by molar-refractivity contribution is 9.10. The van der Waals surface area contributed by atoms with Gasteiger partial charge < -0.3 is 9.64 Å². The summed E-state index contributed by atoms with van der Waals surface area (Å²) in [5.41, 5.74) is 1.51. The van der Waals surface area contributed by atoms with Gasteiger partial charge in [0.25, 0.3) is 0 Å². The molecule has 31 heavy (non-hydrogen) atoms. The molecule has 6 nitrogen and oxygen atoms in total. The lowest BCUT2D eigenvalue weighted by molar-refractivity contribution is 0.0830. The molecule has 1 aliphatic rings. The molecule has 0 atom stereocenters. The lowest BCUT2D eigenvalue weighted by Crippen LogP contribution is -2.37. The number of rotatable bonds is 7. The number of benzene rings is 2. The molecule has 0 radical (unpaired) electrons. The van der Waals surface area contributed by atoms with E-state index < -0.39 is 6.09 Å². The van der Waals surface area contributed by atoms with Crippen LogP contribution in [0.15, 0.2) is 53.1 Å². The van der Waals surface area contributed by atoms with Crippen LogP contribution in [0.2, 0.25) is 0 Å². The van der Waals surface area contributed by atoms with E-state index in [2.05, 4.69) is 30.5 Å². The lowest BCUT2D eigenvalue weighted by Gasteiger charge is -2.31. The maximum absolute atomic E-state index is 12.7. The summed E-state index contributed by atoms with van der Waals surface area (Å²) in [6, 6.07) is 13.3. The van der Waals surface area contributed by atoms with Crippen molar-refractivity contribution in [3.8, 4) is 0 Å². The molecule has 3 aromatic rings. The maximum atomic E-state index is 12.7. The number of likely N-dealkylation sites (tertiary alicyclic amines) is 1. The Labute approximate surface area is 193 Å². The molecule has 1 amide bonds. The first-order valence-corrected chi connectivity index (χ1v) is 12.0. The van der Waals surface area contributed by atoms with Gasteiger partial charge in [0.1, 0.15) is 0 Å². The molecule has 0 bridgehead atoms. The zero-order valence-corrected chi connectivity index (χ0v) is 19.5. The van der Waals surface area contributed by atoms with Crippen molar-refractivity contribution in [1.82, 2.24) is 9.27 Å². The minimum Gasteiger partial charge on any atom is -0.449 e. The van der Waals surface area contributed by atoms with E-state index in [0.29, 0.717) is 6.61 Å². The minimum absolute atomic E-state index is 0.0916. The molecule has 0 unspecified atom stereocenters. The lowest BCUT2D eigenvalue weighted by atomic mass is 9.89. The molecule has 8 heteroatoms. The quantitative estimate of drug-likeness (QED) is 0.337. The van der Waals surface area contributed by atoms with Crippen molar-refractivity contribution in [2.45, 2.75) is 19.3 Å². The number of Topliss-reactive ketones (excluding diaryl/α,β-unsaturated/α-hetero) is 1. The van der Waals surface area contributed by atoms with Crippen molar-refractivity contribution in [3.05, 3.63) is 58.7 Å². The monoisotopic (exact) mass is 501 g/mol. The zero-order chi connectivity index (χ0) is 21.6. The van der Waals surface area contributed by atoms with Gasteiger partial charge in [-0.25, -0.2) is 4.79 Å². The molecule has 2 aromatic carbocycles. The Morgan fingerprint density at radius 2 is 1.94 bits per heavy atom. The SMILES string of the molecule is O=C(Nc1cccc2cnsc12)OCCCN1CCC(C(=O)c2ccc(Br)cc2)CC1. The van der Waals surface area contributed by atoms with Gasteiger partial charge in [-0.3, -0.25) is 10.1 Å². The first kappa shape index (κ1) is 21.9. The molecule has 0 aliphatic carbocycles. The minimum atomic E-state index is -0.445. The summed E-state index contributed by atoms with van der Waals surface area (Å²) in [7, 11) is 0. The fourth-order valence-corrected chi connectivity index (χ4v) is 4.84. The van der Waals surface area contributed by atoms with Crippen LogP contribution in [0.5, 0.6) is 0 Å². The molecule has 1 saturated heterocycles. The van der Waals surface area contributed by atoms with Crippen molar-refractivity contribution < 1.29 is 14.3 Å². The Bertz CT molecular complexity index is 1050. The second kappa shape index (κ2) is 10.3. The number of ether oxygens (including phenoxy) is 1. The number of hydrogen-bond donors (Lipinski definition) is 1. The Morgan fingerprint density at radius 1 is 1.16 bits per heavy atom. The summed E-state index contributed by atoms with van der Waals surface area (Å²) in [4.78, 5) is 27.1. The summed E-state index contributed by atoms with van der Waals surface area (Å²) >= 11 is 4.76. The molecule has 1 aromatic heterocycles. The highest BCUT2D eigenvalue weighted by Crippen LogP contribution is 2.27. The van der Waals surface area contributed by atoms with E-state index in [4.69, 9.17) is 4.74 Å². The number of carbonyl (C=O) groups is 2. The fourth-order valence-electron chi connectivity index (χ4n) is 3.86. The van der Waals surface area contributed by atoms with Crippen LogP contribution < -0.4 is 5.32 Å². The van der Waals surface area contributed by atoms with E-state index in [9.17, 15) is 9.59 Å². The number of nitrogens with one attached hydrogen (secondary N) is 1. The fraction of sp³-hybridized carbons (Fsp3) is 0.348. The van der Waals surface area contributed by atoms with Crippen molar-refractivity contribution in [2.75, 3.05) is 31.6 Å². The summed E-state index contributed by atoms with van der Waals surface area (Å²) in [6.45, 7) is 3.01. The molecule has 1 aliphatic heterocycles. The third-order valence-corrected chi connectivity index (χ3v) is 6.93. The van der Waals surface area contributed by atoms with Crippen LogP contribution in [0.3, 0.4) is 0 Å². The van der Waals surface area contributed by atoms with E-state index >= 15 is 0 Å². The van der Waals surface area contributed by atoms with Crippen LogP contribution in [-0.2, 0) is 4.74 Å². The van der Waals surface area contributed by atoms with Gasteiger partial charge in [0, 0.05) is 34.1 Å². The number of nitrogens with zero attached hydrogens (tertiary/aromatic N) is 2. The summed E-state index contributed by atoms with van der Waals surface area (Å²) < 4.78 is 11.4. The number of piperidine rings is 1. The van der Waals surface area contributed by atoms with Gasteiger partial charge >= 0.3 is 6.09 Å². The average Bonchev–Trinajstić information content (AvgIpc) is 3.27. The van der Waals surface area contributed by atoms with Crippen molar-refractivity contribution >= 4 is 55.1 Å². The smallest absolute Gasteiger partial charge is 0.411 e. The highest BCUT2D eigenvalue weighted by Gasteiger charge is 2.25. The van der Waals surface area contributed by atoms with Gasteiger partial charge in [0.15, 0.2) is 5.78 Å². The van der Waals surface area contributed by atoms with E-state index in [1.165, 1.54) is 11.5 Å². The normalized spacial score (nSPS) is 15.1. The molecule has 4 rings (SSSR count). The molecular formula is C23H24BrN3O3S. The topological polar surface area (TPSA) is 71.5 Å². The van der Waals surface area contributed by atoms with Gasteiger partial charge in [0.05, 0.1) is 17.0 Å². The summed E-state index contributed by atoms with van der Waals surface area (Å²) in [6.07, 6.45) is 3.85. The van der Waals surface area contributed by atoms with Crippen LogP contribution >= 0.6 is 27.5 Å². The molecule has 1 N–H and O–H groups in total. The Balaban J connectivity index is 1.15. The number of carbonyl (C=O) groups excluding carboxylic acids is 2. The number of amides is 1. The van der Waals surface area contributed by atoms with E-state index in [1.54, 1.807) is 6.20 Å². The predicted octanol–water partition coefficient (Wildman–Crippen LogP) is 5.59. The van der Waals surface area contributed by atoms with Gasteiger partial charge in [-0.05, 0) is 62.1 Å².